The summed E-state index contributed by atoms with van der Waals surface area (Å²) in [6.45, 7) is 2.20. The van der Waals surface area contributed by atoms with E-state index in [0.717, 1.165) is 31.8 Å². The van der Waals surface area contributed by atoms with Crippen LogP contribution in [0.1, 0.15) is 44.9 Å². The van der Waals surface area contributed by atoms with Gasteiger partial charge in [-0.1, -0.05) is 0 Å². The Bertz CT molecular complexity index is 273. The molecule has 1 aliphatic carbocycles. The lowest BCUT2D eigenvalue weighted by molar-refractivity contribution is -0.133. The van der Waals surface area contributed by atoms with Crippen molar-refractivity contribution in [3.05, 3.63) is 0 Å². The van der Waals surface area contributed by atoms with Crippen LogP contribution in [0, 0.1) is 5.92 Å². The van der Waals surface area contributed by atoms with Crippen LogP contribution in [-0.4, -0.2) is 36.0 Å². The Balaban J connectivity index is 1.46. The molecule has 1 amide bonds. The average molecular weight is 222 g/mol. The lowest BCUT2D eigenvalue weighted by atomic mass is 10.1. The van der Waals surface area contributed by atoms with Crippen molar-refractivity contribution in [3.8, 4) is 0 Å². The van der Waals surface area contributed by atoms with Gasteiger partial charge in [0.15, 0.2) is 0 Å². The van der Waals surface area contributed by atoms with Gasteiger partial charge in [-0.05, 0) is 51.0 Å². The fraction of sp³-hybridized carbons (Fsp3) is 0.923. The maximum Gasteiger partial charge on any atom is 0.222 e. The number of rotatable bonds is 3. The molecule has 90 valence electrons. The molecule has 3 unspecified atom stereocenters. The average Bonchev–Trinajstić information content (AvgIpc) is 3.01. The molecule has 0 aromatic heterocycles. The summed E-state index contributed by atoms with van der Waals surface area (Å²) >= 11 is 0. The summed E-state index contributed by atoms with van der Waals surface area (Å²) in [7, 11) is 0. The molecular formula is C13H22N2O. The summed E-state index contributed by atoms with van der Waals surface area (Å²) in [6.07, 6.45) is 8.27. The number of amides is 1. The standard InChI is InChI=1S/C13H22N2O/c16-13(6-4-11-2-1-7-14-11)15-9-10-3-5-12(15)8-10/h10-12,14H,1-9H2. The monoisotopic (exact) mass is 222 g/mol. The Labute approximate surface area is 97.6 Å². The molecule has 1 saturated carbocycles. The molecule has 0 aromatic rings. The van der Waals surface area contributed by atoms with Gasteiger partial charge in [0, 0.05) is 25.0 Å². The fourth-order valence-electron chi connectivity index (χ4n) is 3.67. The molecular weight excluding hydrogens is 200 g/mol. The maximum atomic E-state index is 12.1. The molecule has 2 aliphatic heterocycles. The van der Waals surface area contributed by atoms with Crippen molar-refractivity contribution in [2.24, 2.45) is 5.92 Å². The topological polar surface area (TPSA) is 32.3 Å². The zero-order valence-corrected chi connectivity index (χ0v) is 9.95. The van der Waals surface area contributed by atoms with Crippen LogP contribution in [0.2, 0.25) is 0 Å². The molecule has 2 bridgehead atoms. The number of nitrogens with one attached hydrogen (secondary N) is 1. The Morgan fingerprint density at radius 2 is 2.25 bits per heavy atom. The number of hydrogen-bond acceptors (Lipinski definition) is 2. The van der Waals surface area contributed by atoms with Crippen LogP contribution in [0.3, 0.4) is 0 Å². The van der Waals surface area contributed by atoms with E-state index < -0.39 is 0 Å². The highest BCUT2D eigenvalue weighted by Crippen LogP contribution is 2.37. The van der Waals surface area contributed by atoms with Crippen LogP contribution in [0.25, 0.3) is 0 Å². The third-order valence-corrected chi connectivity index (χ3v) is 4.60. The van der Waals surface area contributed by atoms with Gasteiger partial charge in [0.1, 0.15) is 0 Å². The molecule has 3 atom stereocenters. The highest BCUT2D eigenvalue weighted by Gasteiger charge is 2.39. The Kier molecular flexibility index (Phi) is 2.88. The van der Waals surface area contributed by atoms with E-state index in [1.54, 1.807) is 0 Å². The Hall–Kier alpha value is -0.570. The third kappa shape index (κ3) is 1.97. The normalized spacial score (nSPS) is 37.2. The second-order valence-corrected chi connectivity index (χ2v) is 5.71. The number of piperidine rings is 1. The van der Waals surface area contributed by atoms with E-state index in [1.165, 1.54) is 32.1 Å². The molecule has 3 fully saturated rings. The second-order valence-electron chi connectivity index (χ2n) is 5.71. The number of carbonyl (C=O) groups excluding carboxylic acids is 1. The third-order valence-electron chi connectivity index (χ3n) is 4.60. The summed E-state index contributed by atoms with van der Waals surface area (Å²) in [5, 5.41) is 3.47. The SMILES string of the molecule is O=C(CCC1CCCN1)N1CC2CCC1C2. The first-order valence-electron chi connectivity index (χ1n) is 6.86. The lowest BCUT2D eigenvalue weighted by Crippen LogP contribution is -2.38. The first kappa shape index (κ1) is 10.6. The van der Waals surface area contributed by atoms with Crippen molar-refractivity contribution in [1.29, 1.82) is 0 Å². The number of likely N-dealkylation sites (tertiary alicyclic amines) is 1. The van der Waals surface area contributed by atoms with Crippen LogP contribution >= 0.6 is 0 Å². The molecule has 0 radical (unpaired) electrons. The van der Waals surface area contributed by atoms with Gasteiger partial charge < -0.3 is 10.2 Å². The molecule has 0 aromatic carbocycles. The van der Waals surface area contributed by atoms with Crippen LogP contribution in [0.5, 0.6) is 0 Å². The van der Waals surface area contributed by atoms with Gasteiger partial charge in [-0.3, -0.25) is 4.79 Å². The van der Waals surface area contributed by atoms with Crippen molar-refractivity contribution in [2.75, 3.05) is 13.1 Å². The zero-order valence-electron chi connectivity index (χ0n) is 9.95. The van der Waals surface area contributed by atoms with Crippen LogP contribution < -0.4 is 5.32 Å². The van der Waals surface area contributed by atoms with Crippen molar-refractivity contribution < 1.29 is 4.79 Å². The predicted octanol–water partition coefficient (Wildman–Crippen LogP) is 1.53. The molecule has 3 rings (SSSR count). The van der Waals surface area contributed by atoms with E-state index in [2.05, 4.69) is 10.2 Å². The number of nitrogens with zero attached hydrogens (tertiary/aromatic N) is 1. The van der Waals surface area contributed by atoms with Crippen LogP contribution in [0.15, 0.2) is 0 Å². The van der Waals surface area contributed by atoms with Gasteiger partial charge in [-0.2, -0.15) is 0 Å². The van der Waals surface area contributed by atoms with E-state index in [9.17, 15) is 4.79 Å². The number of fused-ring (bicyclic) bond motifs is 2. The molecule has 3 aliphatic rings. The van der Waals surface area contributed by atoms with Gasteiger partial charge in [0.2, 0.25) is 5.91 Å². The number of hydrogen-bond donors (Lipinski definition) is 1. The van der Waals surface area contributed by atoms with Gasteiger partial charge in [0.25, 0.3) is 0 Å². The lowest BCUT2D eigenvalue weighted by Gasteiger charge is -2.27. The first-order chi connectivity index (χ1) is 7.83. The van der Waals surface area contributed by atoms with E-state index >= 15 is 0 Å². The van der Waals surface area contributed by atoms with Crippen LogP contribution in [-0.2, 0) is 4.79 Å². The van der Waals surface area contributed by atoms with Gasteiger partial charge in [0.05, 0.1) is 0 Å². The molecule has 3 nitrogen and oxygen atoms in total. The van der Waals surface area contributed by atoms with Crippen molar-refractivity contribution in [1.82, 2.24) is 10.2 Å². The summed E-state index contributed by atoms with van der Waals surface area (Å²) in [5.74, 6) is 1.25. The highest BCUT2D eigenvalue weighted by atomic mass is 16.2. The second kappa shape index (κ2) is 4.36. The minimum atomic E-state index is 0.418. The van der Waals surface area contributed by atoms with E-state index in [4.69, 9.17) is 0 Å². The van der Waals surface area contributed by atoms with E-state index in [1.807, 2.05) is 0 Å². The minimum absolute atomic E-state index is 0.418. The molecule has 0 spiro atoms. The van der Waals surface area contributed by atoms with Gasteiger partial charge in [-0.25, -0.2) is 0 Å². The largest absolute Gasteiger partial charge is 0.339 e. The fourth-order valence-corrected chi connectivity index (χ4v) is 3.67. The van der Waals surface area contributed by atoms with Crippen molar-refractivity contribution in [3.63, 3.8) is 0 Å². The maximum absolute atomic E-state index is 12.1. The van der Waals surface area contributed by atoms with E-state index in [0.29, 0.717) is 18.0 Å². The first-order valence-corrected chi connectivity index (χ1v) is 6.86. The quantitative estimate of drug-likeness (QED) is 0.785. The summed E-state index contributed by atoms with van der Waals surface area (Å²) in [4.78, 5) is 14.3. The summed E-state index contributed by atoms with van der Waals surface area (Å²) in [5.41, 5.74) is 0. The van der Waals surface area contributed by atoms with E-state index in [-0.39, 0.29) is 0 Å². The van der Waals surface area contributed by atoms with Crippen molar-refractivity contribution in [2.45, 2.75) is 57.0 Å². The molecule has 16 heavy (non-hydrogen) atoms. The zero-order chi connectivity index (χ0) is 11.0. The molecule has 2 saturated heterocycles. The Morgan fingerprint density at radius 3 is 2.88 bits per heavy atom. The predicted molar refractivity (Wildman–Crippen MR) is 63.1 cm³/mol. The highest BCUT2D eigenvalue weighted by molar-refractivity contribution is 5.77. The summed E-state index contributed by atoms with van der Waals surface area (Å²) in [6, 6.07) is 1.22. The van der Waals surface area contributed by atoms with Crippen molar-refractivity contribution >= 4 is 5.91 Å². The molecule has 1 N–H and O–H groups in total. The molecule has 2 heterocycles. The molecule has 3 heteroatoms. The van der Waals surface area contributed by atoms with Gasteiger partial charge >= 0.3 is 0 Å². The summed E-state index contributed by atoms with van der Waals surface area (Å²) < 4.78 is 0. The number of carbonyl (C=O) groups is 1. The van der Waals surface area contributed by atoms with Crippen LogP contribution in [0.4, 0.5) is 0 Å². The minimum Gasteiger partial charge on any atom is -0.339 e. The van der Waals surface area contributed by atoms with Gasteiger partial charge in [-0.15, -0.1) is 0 Å². The smallest absolute Gasteiger partial charge is 0.222 e. The Morgan fingerprint density at radius 1 is 1.31 bits per heavy atom.